The van der Waals surface area contributed by atoms with Gasteiger partial charge in [-0.05, 0) is 24.6 Å². The van der Waals surface area contributed by atoms with E-state index in [1.54, 1.807) is 31.2 Å². The number of benzene rings is 2. The standard InChI is InChI=1S/C19H21N3O3/c1-14(16-9-5-6-10-17(16)23)21-22-19(25)12-11-18(24)20-13-15-7-3-2-4-8-15/h2-10,23H,11-13H2,1H3,(H,20,24)(H,22,25). The molecule has 0 atom stereocenters. The first kappa shape index (κ1) is 18.2. The van der Waals surface area contributed by atoms with E-state index in [-0.39, 0.29) is 30.4 Å². The van der Waals surface area contributed by atoms with Crippen LogP contribution in [0.15, 0.2) is 59.7 Å². The van der Waals surface area contributed by atoms with Gasteiger partial charge in [-0.1, -0.05) is 42.5 Å². The van der Waals surface area contributed by atoms with E-state index < -0.39 is 0 Å². The summed E-state index contributed by atoms with van der Waals surface area (Å²) in [5.41, 5.74) is 4.43. The van der Waals surface area contributed by atoms with E-state index in [2.05, 4.69) is 15.8 Å². The van der Waals surface area contributed by atoms with E-state index in [9.17, 15) is 14.7 Å². The van der Waals surface area contributed by atoms with Gasteiger partial charge in [0.2, 0.25) is 11.8 Å². The van der Waals surface area contributed by atoms with Crippen LogP contribution in [-0.2, 0) is 16.1 Å². The number of hydrogen-bond donors (Lipinski definition) is 3. The van der Waals surface area contributed by atoms with Crippen molar-refractivity contribution in [1.29, 1.82) is 0 Å². The minimum absolute atomic E-state index is 0.0399. The molecule has 0 aliphatic rings. The van der Waals surface area contributed by atoms with Crippen LogP contribution in [0, 0.1) is 0 Å². The van der Waals surface area contributed by atoms with Crippen LogP contribution in [0.5, 0.6) is 5.75 Å². The summed E-state index contributed by atoms with van der Waals surface area (Å²) in [6.07, 6.45) is 0.127. The van der Waals surface area contributed by atoms with E-state index in [4.69, 9.17) is 0 Å². The highest BCUT2D eigenvalue weighted by Gasteiger charge is 2.08. The molecule has 0 radical (unpaired) electrons. The van der Waals surface area contributed by atoms with Gasteiger partial charge in [-0.3, -0.25) is 9.59 Å². The number of hydrazone groups is 1. The summed E-state index contributed by atoms with van der Waals surface area (Å²) in [4.78, 5) is 23.5. The van der Waals surface area contributed by atoms with Crippen LogP contribution < -0.4 is 10.7 Å². The maximum absolute atomic E-state index is 11.8. The molecule has 2 rings (SSSR count). The minimum atomic E-state index is -0.357. The van der Waals surface area contributed by atoms with E-state index in [0.29, 0.717) is 17.8 Å². The Morgan fingerprint density at radius 2 is 1.60 bits per heavy atom. The second-order valence-electron chi connectivity index (χ2n) is 5.51. The molecule has 0 heterocycles. The molecule has 0 fully saturated rings. The second-order valence-corrected chi connectivity index (χ2v) is 5.51. The Hall–Kier alpha value is -3.15. The second kappa shape index (κ2) is 9.22. The van der Waals surface area contributed by atoms with Crippen LogP contribution >= 0.6 is 0 Å². The quantitative estimate of drug-likeness (QED) is 0.534. The summed E-state index contributed by atoms with van der Waals surface area (Å²) in [5, 5.41) is 16.4. The number of carbonyl (C=O) groups excluding carboxylic acids is 2. The molecule has 0 saturated carbocycles. The number of nitrogens with zero attached hydrogens (tertiary/aromatic N) is 1. The fraction of sp³-hybridized carbons (Fsp3) is 0.211. The van der Waals surface area contributed by atoms with Gasteiger partial charge in [0.15, 0.2) is 0 Å². The molecule has 6 heteroatoms. The molecule has 0 unspecified atom stereocenters. The first-order valence-corrected chi connectivity index (χ1v) is 7.98. The lowest BCUT2D eigenvalue weighted by Gasteiger charge is -2.06. The van der Waals surface area contributed by atoms with Gasteiger partial charge in [0, 0.05) is 24.9 Å². The molecular weight excluding hydrogens is 318 g/mol. The smallest absolute Gasteiger partial charge is 0.240 e. The van der Waals surface area contributed by atoms with Crippen LogP contribution in [0.25, 0.3) is 0 Å². The fourth-order valence-corrected chi connectivity index (χ4v) is 2.15. The van der Waals surface area contributed by atoms with Crippen molar-refractivity contribution in [3.8, 4) is 5.75 Å². The molecule has 3 N–H and O–H groups in total. The number of amides is 2. The molecule has 2 amide bonds. The molecule has 2 aromatic rings. The monoisotopic (exact) mass is 339 g/mol. The number of hydrogen-bond acceptors (Lipinski definition) is 4. The average Bonchev–Trinajstić information content (AvgIpc) is 2.64. The number of rotatable bonds is 7. The molecule has 2 aromatic carbocycles. The summed E-state index contributed by atoms with van der Waals surface area (Å²) in [5.74, 6) is -0.455. The molecular formula is C19H21N3O3. The molecule has 0 aliphatic carbocycles. The Bertz CT molecular complexity index is 758. The van der Waals surface area contributed by atoms with Crippen molar-refractivity contribution >= 4 is 17.5 Å². The largest absolute Gasteiger partial charge is 0.507 e. The van der Waals surface area contributed by atoms with Crippen LogP contribution in [-0.4, -0.2) is 22.6 Å². The van der Waals surface area contributed by atoms with E-state index in [0.717, 1.165) is 5.56 Å². The Morgan fingerprint density at radius 3 is 2.32 bits per heavy atom. The van der Waals surface area contributed by atoms with Crippen molar-refractivity contribution in [1.82, 2.24) is 10.7 Å². The highest BCUT2D eigenvalue weighted by atomic mass is 16.3. The SMILES string of the molecule is CC(=NNC(=O)CCC(=O)NCc1ccccc1)c1ccccc1O. The third kappa shape index (κ3) is 6.10. The summed E-state index contributed by atoms with van der Waals surface area (Å²) in [7, 11) is 0. The zero-order chi connectivity index (χ0) is 18.1. The number of nitrogens with one attached hydrogen (secondary N) is 2. The number of phenolic OH excluding ortho intramolecular Hbond substituents is 1. The third-order valence-electron chi connectivity index (χ3n) is 3.55. The van der Waals surface area contributed by atoms with Crippen molar-refractivity contribution < 1.29 is 14.7 Å². The van der Waals surface area contributed by atoms with Crippen molar-refractivity contribution in [3.63, 3.8) is 0 Å². The molecule has 0 spiro atoms. The predicted molar refractivity (Wildman–Crippen MR) is 96.0 cm³/mol. The molecule has 25 heavy (non-hydrogen) atoms. The van der Waals surface area contributed by atoms with Gasteiger partial charge in [0.05, 0.1) is 5.71 Å². The van der Waals surface area contributed by atoms with Crippen LogP contribution in [0.3, 0.4) is 0 Å². The van der Waals surface area contributed by atoms with Crippen LogP contribution in [0.1, 0.15) is 30.9 Å². The van der Waals surface area contributed by atoms with Gasteiger partial charge in [0.1, 0.15) is 5.75 Å². The van der Waals surface area contributed by atoms with Gasteiger partial charge in [-0.2, -0.15) is 5.10 Å². The van der Waals surface area contributed by atoms with Gasteiger partial charge >= 0.3 is 0 Å². The molecule has 130 valence electrons. The molecule has 0 aromatic heterocycles. The maximum Gasteiger partial charge on any atom is 0.240 e. The summed E-state index contributed by atoms with van der Waals surface area (Å²) >= 11 is 0. The van der Waals surface area contributed by atoms with Gasteiger partial charge in [-0.25, -0.2) is 5.43 Å². The van der Waals surface area contributed by atoms with E-state index >= 15 is 0 Å². The maximum atomic E-state index is 11.8. The molecule has 6 nitrogen and oxygen atoms in total. The predicted octanol–water partition coefficient (Wildman–Crippen LogP) is 2.33. The molecule has 0 bridgehead atoms. The highest BCUT2D eigenvalue weighted by molar-refractivity contribution is 6.01. The number of para-hydroxylation sites is 1. The fourth-order valence-electron chi connectivity index (χ4n) is 2.15. The normalized spacial score (nSPS) is 11.0. The van der Waals surface area contributed by atoms with Crippen molar-refractivity contribution in [3.05, 3.63) is 65.7 Å². The Morgan fingerprint density at radius 1 is 0.960 bits per heavy atom. The van der Waals surface area contributed by atoms with Crippen LogP contribution in [0.2, 0.25) is 0 Å². The van der Waals surface area contributed by atoms with Gasteiger partial charge in [-0.15, -0.1) is 0 Å². The highest BCUT2D eigenvalue weighted by Crippen LogP contribution is 2.16. The van der Waals surface area contributed by atoms with Gasteiger partial charge < -0.3 is 10.4 Å². The zero-order valence-corrected chi connectivity index (χ0v) is 14.0. The average molecular weight is 339 g/mol. The Labute approximate surface area is 146 Å². The van der Waals surface area contributed by atoms with E-state index in [1.807, 2.05) is 30.3 Å². The van der Waals surface area contributed by atoms with Gasteiger partial charge in [0.25, 0.3) is 0 Å². The molecule has 0 aliphatic heterocycles. The summed E-state index contributed by atoms with van der Waals surface area (Å²) < 4.78 is 0. The third-order valence-corrected chi connectivity index (χ3v) is 3.55. The Balaban J connectivity index is 1.74. The lowest BCUT2D eigenvalue weighted by molar-refractivity contribution is -0.126. The number of phenols is 1. The van der Waals surface area contributed by atoms with Crippen molar-refractivity contribution in [2.45, 2.75) is 26.3 Å². The summed E-state index contributed by atoms with van der Waals surface area (Å²) in [6, 6.07) is 16.3. The van der Waals surface area contributed by atoms with Crippen molar-refractivity contribution in [2.75, 3.05) is 0 Å². The topological polar surface area (TPSA) is 90.8 Å². The minimum Gasteiger partial charge on any atom is -0.507 e. The first-order chi connectivity index (χ1) is 12.1. The number of carbonyl (C=O) groups is 2. The lowest BCUT2D eigenvalue weighted by atomic mass is 10.1. The summed E-state index contributed by atoms with van der Waals surface area (Å²) in [6.45, 7) is 2.12. The number of aromatic hydroxyl groups is 1. The first-order valence-electron chi connectivity index (χ1n) is 7.98. The zero-order valence-electron chi connectivity index (χ0n) is 14.0. The Kier molecular flexibility index (Phi) is 6.71. The van der Waals surface area contributed by atoms with Crippen molar-refractivity contribution in [2.24, 2.45) is 5.10 Å². The van der Waals surface area contributed by atoms with Crippen LogP contribution in [0.4, 0.5) is 0 Å². The van der Waals surface area contributed by atoms with E-state index in [1.165, 1.54) is 0 Å². The molecule has 0 saturated heterocycles. The lowest BCUT2D eigenvalue weighted by Crippen LogP contribution is -2.26.